The summed E-state index contributed by atoms with van der Waals surface area (Å²) < 4.78 is 6.21. The molecule has 124 valence electrons. The van der Waals surface area contributed by atoms with Crippen molar-refractivity contribution >= 4 is 21.8 Å². The van der Waals surface area contributed by atoms with Crippen molar-refractivity contribution in [3.8, 4) is 11.6 Å². The van der Waals surface area contributed by atoms with Crippen molar-refractivity contribution in [2.24, 2.45) is 5.92 Å². The van der Waals surface area contributed by atoms with Crippen LogP contribution in [0.2, 0.25) is 0 Å². The lowest BCUT2D eigenvalue weighted by Crippen LogP contribution is -2.32. The number of nitrogens with one attached hydrogen (secondary N) is 2. The topological polar surface area (TPSA) is 110 Å². The van der Waals surface area contributed by atoms with Crippen LogP contribution in [-0.4, -0.2) is 31.2 Å². The van der Waals surface area contributed by atoms with E-state index in [-0.39, 0.29) is 11.8 Å². The van der Waals surface area contributed by atoms with Gasteiger partial charge in [0.2, 0.25) is 11.7 Å². The molecule has 0 bridgehead atoms. The highest BCUT2D eigenvalue weighted by Gasteiger charge is 2.25. The molecule has 0 fully saturated rings. The summed E-state index contributed by atoms with van der Waals surface area (Å²) in [6.45, 7) is 3.93. The molecule has 0 aliphatic rings. The Morgan fingerprint density at radius 1 is 1.29 bits per heavy atom. The summed E-state index contributed by atoms with van der Waals surface area (Å²) in [6, 6.07) is 6.70. The Balaban J connectivity index is 1.80. The predicted molar refractivity (Wildman–Crippen MR) is 88.9 cm³/mol. The molecule has 2 N–H and O–H groups in total. The number of hydrogen-bond acceptors (Lipinski definition) is 6. The van der Waals surface area contributed by atoms with Crippen LogP contribution in [0.5, 0.6) is 0 Å². The van der Waals surface area contributed by atoms with Gasteiger partial charge in [0.15, 0.2) is 5.82 Å². The maximum absolute atomic E-state index is 12.4. The van der Waals surface area contributed by atoms with Crippen LogP contribution in [0.4, 0.5) is 0 Å². The van der Waals surface area contributed by atoms with Gasteiger partial charge in [-0.15, -0.1) is 0 Å². The Hall–Kier alpha value is -2.55. The van der Waals surface area contributed by atoms with Gasteiger partial charge in [-0.05, 0) is 30.2 Å². The van der Waals surface area contributed by atoms with Crippen LogP contribution >= 0.6 is 15.9 Å². The van der Waals surface area contributed by atoms with Crippen LogP contribution in [0, 0.1) is 5.92 Å². The summed E-state index contributed by atoms with van der Waals surface area (Å²) >= 11 is 3.35. The minimum atomic E-state index is -0.412. The molecule has 1 amide bonds. The monoisotopic (exact) mass is 390 g/mol. The molecule has 24 heavy (non-hydrogen) atoms. The maximum atomic E-state index is 12.4. The van der Waals surface area contributed by atoms with Gasteiger partial charge in [0, 0.05) is 10.0 Å². The highest BCUT2D eigenvalue weighted by atomic mass is 79.9. The molecule has 1 aromatic carbocycles. The molecule has 0 unspecified atom stereocenters. The van der Waals surface area contributed by atoms with Crippen molar-refractivity contribution < 1.29 is 9.32 Å². The molecule has 3 rings (SSSR count). The zero-order valence-electron chi connectivity index (χ0n) is 13.0. The Kier molecular flexibility index (Phi) is 4.70. The average Bonchev–Trinajstić information content (AvgIpc) is 3.23. The van der Waals surface area contributed by atoms with E-state index in [1.54, 1.807) is 12.1 Å². The first-order valence-electron chi connectivity index (χ1n) is 7.30. The molecule has 0 saturated heterocycles. The lowest BCUT2D eigenvalue weighted by molar-refractivity contribution is 0.0914. The molecule has 0 aliphatic heterocycles. The zero-order chi connectivity index (χ0) is 17.1. The minimum absolute atomic E-state index is 0.0624. The van der Waals surface area contributed by atoms with Crippen LogP contribution in [0.25, 0.3) is 11.6 Å². The standard InChI is InChI=1S/C15H15BrN6O2/c1-8(2)11(19-14(23)9-3-5-10(16)6-4-9)15-20-13(22-24-15)12-17-7-18-21-12/h3-8,11H,1-2H3,(H,19,23)(H,17,18,21)/t11-/m0/s1. The summed E-state index contributed by atoms with van der Waals surface area (Å²) in [5.74, 6) is 0.882. The molecule has 3 aromatic rings. The van der Waals surface area contributed by atoms with Gasteiger partial charge in [-0.25, -0.2) is 4.98 Å². The summed E-state index contributed by atoms with van der Waals surface area (Å²) in [5, 5.41) is 13.2. The van der Waals surface area contributed by atoms with Crippen molar-refractivity contribution in [1.29, 1.82) is 0 Å². The molecule has 0 spiro atoms. The molecule has 0 saturated carbocycles. The Labute approximate surface area is 146 Å². The van der Waals surface area contributed by atoms with Gasteiger partial charge in [0.25, 0.3) is 5.91 Å². The molecular formula is C15H15BrN6O2. The fraction of sp³-hybridized carbons (Fsp3) is 0.267. The second kappa shape index (κ2) is 6.91. The number of carbonyl (C=O) groups is 1. The molecule has 0 aliphatic carbocycles. The van der Waals surface area contributed by atoms with E-state index < -0.39 is 6.04 Å². The van der Waals surface area contributed by atoms with Gasteiger partial charge in [0.05, 0.1) is 0 Å². The SMILES string of the molecule is CC(C)[C@H](NC(=O)c1ccc(Br)cc1)c1nc(-c2ncn[nH]2)no1. The van der Waals surface area contributed by atoms with Gasteiger partial charge >= 0.3 is 0 Å². The first kappa shape index (κ1) is 16.3. The molecule has 8 nitrogen and oxygen atoms in total. The van der Waals surface area contributed by atoms with E-state index in [1.165, 1.54) is 6.33 Å². The first-order chi connectivity index (χ1) is 11.5. The quantitative estimate of drug-likeness (QED) is 0.692. The minimum Gasteiger partial charge on any atom is -0.340 e. The average molecular weight is 391 g/mol. The van der Waals surface area contributed by atoms with Crippen molar-refractivity contribution in [2.45, 2.75) is 19.9 Å². The fourth-order valence-electron chi connectivity index (χ4n) is 2.11. The van der Waals surface area contributed by atoms with Crippen LogP contribution in [0.1, 0.15) is 36.1 Å². The van der Waals surface area contributed by atoms with E-state index in [9.17, 15) is 4.79 Å². The summed E-state index contributed by atoms with van der Waals surface area (Å²) in [6.07, 6.45) is 1.36. The maximum Gasteiger partial charge on any atom is 0.251 e. The number of carbonyl (C=O) groups excluding carboxylic acids is 1. The molecular weight excluding hydrogens is 376 g/mol. The molecule has 2 heterocycles. The third-order valence-corrected chi connectivity index (χ3v) is 3.92. The van der Waals surface area contributed by atoms with E-state index in [0.29, 0.717) is 23.1 Å². The largest absolute Gasteiger partial charge is 0.340 e. The van der Waals surface area contributed by atoms with E-state index in [4.69, 9.17) is 4.52 Å². The predicted octanol–water partition coefficient (Wildman–Crippen LogP) is 2.74. The van der Waals surface area contributed by atoms with Crippen LogP contribution in [0.15, 0.2) is 39.6 Å². The number of hydrogen-bond donors (Lipinski definition) is 2. The van der Waals surface area contributed by atoms with Gasteiger partial charge < -0.3 is 9.84 Å². The first-order valence-corrected chi connectivity index (χ1v) is 8.09. The number of rotatable bonds is 5. The van der Waals surface area contributed by atoms with E-state index in [0.717, 1.165) is 4.47 Å². The smallest absolute Gasteiger partial charge is 0.251 e. The molecule has 1 atom stereocenters. The highest BCUT2D eigenvalue weighted by molar-refractivity contribution is 9.10. The van der Waals surface area contributed by atoms with Gasteiger partial charge in [-0.2, -0.15) is 10.1 Å². The number of benzene rings is 1. The second-order valence-electron chi connectivity index (χ2n) is 5.49. The van der Waals surface area contributed by atoms with Crippen LogP contribution < -0.4 is 5.32 Å². The van der Waals surface area contributed by atoms with E-state index >= 15 is 0 Å². The number of aromatic nitrogens is 5. The van der Waals surface area contributed by atoms with Crippen LogP contribution in [0.3, 0.4) is 0 Å². The number of aromatic amines is 1. The van der Waals surface area contributed by atoms with Crippen molar-refractivity contribution in [1.82, 2.24) is 30.6 Å². The lowest BCUT2D eigenvalue weighted by Gasteiger charge is -2.18. The second-order valence-corrected chi connectivity index (χ2v) is 6.41. The Bertz CT molecular complexity index is 813. The van der Waals surface area contributed by atoms with Crippen molar-refractivity contribution in [2.75, 3.05) is 0 Å². The van der Waals surface area contributed by atoms with E-state index in [1.807, 2.05) is 26.0 Å². The zero-order valence-corrected chi connectivity index (χ0v) is 14.6. The van der Waals surface area contributed by atoms with Crippen LogP contribution in [-0.2, 0) is 0 Å². The number of amides is 1. The number of halogens is 1. The van der Waals surface area contributed by atoms with Gasteiger partial charge in [-0.1, -0.05) is 34.9 Å². The van der Waals surface area contributed by atoms with Crippen molar-refractivity contribution in [3.63, 3.8) is 0 Å². The summed E-state index contributed by atoms with van der Waals surface area (Å²) in [4.78, 5) is 20.7. The Morgan fingerprint density at radius 3 is 2.67 bits per heavy atom. The Morgan fingerprint density at radius 2 is 2.04 bits per heavy atom. The highest BCUT2D eigenvalue weighted by Crippen LogP contribution is 2.23. The summed E-state index contributed by atoms with van der Waals surface area (Å²) in [5.41, 5.74) is 0.554. The third kappa shape index (κ3) is 3.51. The number of nitrogens with zero attached hydrogens (tertiary/aromatic N) is 4. The molecule has 9 heteroatoms. The molecule has 0 radical (unpaired) electrons. The van der Waals surface area contributed by atoms with Gasteiger partial charge in [0.1, 0.15) is 12.4 Å². The van der Waals surface area contributed by atoms with Gasteiger partial charge in [-0.3, -0.25) is 9.89 Å². The van der Waals surface area contributed by atoms with Crippen molar-refractivity contribution in [3.05, 3.63) is 46.5 Å². The third-order valence-electron chi connectivity index (χ3n) is 3.39. The number of H-pyrrole nitrogens is 1. The molecule has 2 aromatic heterocycles. The van der Waals surface area contributed by atoms with E-state index in [2.05, 4.69) is 46.6 Å². The summed E-state index contributed by atoms with van der Waals surface area (Å²) in [7, 11) is 0. The fourth-order valence-corrected chi connectivity index (χ4v) is 2.37. The lowest BCUT2D eigenvalue weighted by atomic mass is 10.0. The normalized spacial score (nSPS) is 12.3.